The van der Waals surface area contributed by atoms with Gasteiger partial charge in [-0.15, -0.1) is 0 Å². The van der Waals surface area contributed by atoms with Gasteiger partial charge < -0.3 is 9.84 Å². The van der Waals surface area contributed by atoms with E-state index in [1.807, 2.05) is 52.0 Å². The molecule has 2 rings (SSSR count). The maximum absolute atomic E-state index is 12.8. The van der Waals surface area contributed by atoms with Gasteiger partial charge in [0.25, 0.3) is 0 Å². The minimum atomic E-state index is -3.75. The average Bonchev–Trinajstić information content (AvgIpc) is 2.59. The third-order valence-corrected chi connectivity index (χ3v) is 5.66. The number of nitrogens with one attached hydrogen (secondary N) is 1. The van der Waals surface area contributed by atoms with Crippen LogP contribution in [0.25, 0.3) is 0 Å². The molecule has 27 heavy (non-hydrogen) atoms. The van der Waals surface area contributed by atoms with Crippen LogP contribution in [0.3, 0.4) is 0 Å². The summed E-state index contributed by atoms with van der Waals surface area (Å²) >= 11 is 0. The number of likely N-dealkylation sites (N-methyl/N-ethyl adjacent to an activating group) is 1. The first-order valence-electron chi connectivity index (χ1n) is 8.95. The van der Waals surface area contributed by atoms with E-state index in [4.69, 9.17) is 4.74 Å². The van der Waals surface area contributed by atoms with Crippen LogP contribution in [0.2, 0.25) is 0 Å². The van der Waals surface area contributed by atoms with Crippen LogP contribution in [0.15, 0.2) is 41.3 Å². The Morgan fingerprint density at radius 2 is 1.70 bits per heavy atom. The molecule has 0 aromatic heterocycles. The van der Waals surface area contributed by atoms with Crippen LogP contribution < -0.4 is 9.46 Å². The molecule has 0 saturated carbocycles. The normalized spacial score (nSPS) is 11.8. The van der Waals surface area contributed by atoms with E-state index in [2.05, 4.69) is 4.72 Å². The Labute approximate surface area is 161 Å². The highest BCUT2D eigenvalue weighted by Gasteiger charge is 2.20. The maximum Gasteiger partial charge on any atom is 0.244 e. The van der Waals surface area contributed by atoms with Gasteiger partial charge in [-0.05, 0) is 68.3 Å². The van der Waals surface area contributed by atoms with Crippen molar-refractivity contribution >= 4 is 10.0 Å². The predicted molar refractivity (Wildman–Crippen MR) is 107 cm³/mol. The first-order valence-corrected chi connectivity index (χ1v) is 10.4. The lowest BCUT2D eigenvalue weighted by atomic mass is 10.1. The van der Waals surface area contributed by atoms with Gasteiger partial charge in [-0.2, -0.15) is 0 Å². The van der Waals surface area contributed by atoms with E-state index in [1.165, 1.54) is 0 Å². The molecule has 0 aliphatic rings. The molecule has 0 amide bonds. The van der Waals surface area contributed by atoms with Crippen LogP contribution in [0.1, 0.15) is 23.6 Å². The summed E-state index contributed by atoms with van der Waals surface area (Å²) in [6.07, 6.45) is 0. The molecule has 0 aliphatic carbocycles. The molecule has 0 fully saturated rings. The lowest BCUT2D eigenvalue weighted by molar-refractivity contribution is 0.115. The molecule has 0 spiro atoms. The van der Waals surface area contributed by atoms with Crippen LogP contribution in [0.5, 0.6) is 11.5 Å². The van der Waals surface area contributed by atoms with Gasteiger partial charge in [-0.1, -0.05) is 19.1 Å². The van der Waals surface area contributed by atoms with Gasteiger partial charge in [0.05, 0.1) is 6.73 Å². The Morgan fingerprint density at radius 3 is 2.30 bits per heavy atom. The van der Waals surface area contributed by atoms with Crippen LogP contribution in [0.4, 0.5) is 0 Å². The van der Waals surface area contributed by atoms with E-state index in [0.717, 1.165) is 16.7 Å². The van der Waals surface area contributed by atoms with Gasteiger partial charge in [-0.3, -0.25) is 4.90 Å². The van der Waals surface area contributed by atoms with Crippen molar-refractivity contribution in [1.29, 1.82) is 0 Å². The molecule has 7 heteroatoms. The van der Waals surface area contributed by atoms with E-state index in [9.17, 15) is 13.5 Å². The van der Waals surface area contributed by atoms with Crippen molar-refractivity contribution in [3.63, 3.8) is 0 Å². The summed E-state index contributed by atoms with van der Waals surface area (Å²) in [5, 5.41) is 9.19. The minimum absolute atomic E-state index is 0.105. The summed E-state index contributed by atoms with van der Waals surface area (Å²) in [6, 6.07) is 10.9. The van der Waals surface area contributed by atoms with Crippen LogP contribution in [-0.4, -0.2) is 44.8 Å². The van der Waals surface area contributed by atoms with Crippen molar-refractivity contribution in [2.75, 3.05) is 26.4 Å². The van der Waals surface area contributed by atoms with Crippen LogP contribution in [-0.2, 0) is 10.0 Å². The average molecular weight is 393 g/mol. The lowest BCUT2D eigenvalue weighted by Gasteiger charge is -2.18. The predicted octanol–water partition coefficient (Wildman–Crippen LogP) is 2.95. The summed E-state index contributed by atoms with van der Waals surface area (Å²) in [7, 11) is -3.75. The van der Waals surface area contributed by atoms with E-state index < -0.39 is 10.0 Å². The second-order valence-electron chi connectivity index (χ2n) is 6.63. The van der Waals surface area contributed by atoms with E-state index in [-0.39, 0.29) is 23.9 Å². The number of sulfonamides is 1. The molecule has 2 aromatic rings. The van der Waals surface area contributed by atoms with E-state index in [1.54, 1.807) is 17.0 Å². The summed E-state index contributed by atoms with van der Waals surface area (Å²) in [6.45, 7) is 8.83. The molecule has 0 bridgehead atoms. The van der Waals surface area contributed by atoms with Gasteiger partial charge in [-0.25, -0.2) is 13.1 Å². The monoisotopic (exact) mass is 392 g/mol. The van der Waals surface area contributed by atoms with Gasteiger partial charge in [0.2, 0.25) is 10.0 Å². The van der Waals surface area contributed by atoms with E-state index >= 15 is 0 Å². The quantitative estimate of drug-likeness (QED) is 0.642. The Balaban J connectivity index is 2.26. The van der Waals surface area contributed by atoms with Crippen LogP contribution >= 0.6 is 0 Å². The summed E-state index contributed by atoms with van der Waals surface area (Å²) in [4.78, 5) is 1.83. The van der Waals surface area contributed by atoms with Crippen LogP contribution in [0, 0.1) is 20.8 Å². The number of benzene rings is 2. The number of nitrogens with zero attached hydrogens (tertiary/aromatic N) is 1. The van der Waals surface area contributed by atoms with Crippen molar-refractivity contribution in [2.24, 2.45) is 0 Å². The Kier molecular flexibility index (Phi) is 7.38. The third-order valence-electron chi connectivity index (χ3n) is 4.18. The fourth-order valence-electron chi connectivity index (χ4n) is 2.77. The zero-order chi connectivity index (χ0) is 20.0. The molecule has 0 heterocycles. The molecular weight excluding hydrogens is 364 g/mol. The maximum atomic E-state index is 12.8. The highest BCUT2D eigenvalue weighted by Crippen LogP contribution is 2.30. The lowest BCUT2D eigenvalue weighted by Crippen LogP contribution is -2.35. The van der Waals surface area contributed by atoms with Gasteiger partial charge >= 0.3 is 0 Å². The molecule has 0 radical (unpaired) electrons. The third kappa shape index (κ3) is 6.04. The molecule has 0 saturated heterocycles. The number of hydrogen-bond acceptors (Lipinski definition) is 5. The van der Waals surface area contributed by atoms with Gasteiger partial charge in [0, 0.05) is 13.1 Å². The standard InChI is InChI=1S/C20H28N2O4S/c1-5-22(14-23)9-8-21-27(24,25)20-13-15(2)6-7-19(20)26-18-11-16(3)10-17(4)12-18/h6-7,10-13,21,23H,5,8-9,14H2,1-4H3. The van der Waals surface area contributed by atoms with Gasteiger partial charge in [0.15, 0.2) is 0 Å². The fraction of sp³-hybridized carbons (Fsp3) is 0.400. The fourth-order valence-corrected chi connectivity index (χ4v) is 4.00. The molecule has 6 nitrogen and oxygen atoms in total. The minimum Gasteiger partial charge on any atom is -0.456 e. The summed E-state index contributed by atoms with van der Waals surface area (Å²) in [5.74, 6) is 0.887. The highest BCUT2D eigenvalue weighted by molar-refractivity contribution is 7.89. The zero-order valence-corrected chi connectivity index (χ0v) is 17.1. The van der Waals surface area contributed by atoms with Gasteiger partial charge in [0.1, 0.15) is 16.4 Å². The van der Waals surface area contributed by atoms with Crippen molar-refractivity contribution in [2.45, 2.75) is 32.6 Å². The molecule has 2 N–H and O–H groups in total. The second kappa shape index (κ2) is 9.32. The zero-order valence-electron chi connectivity index (χ0n) is 16.3. The summed E-state index contributed by atoms with van der Waals surface area (Å²) < 4.78 is 34.1. The molecule has 0 atom stereocenters. The molecule has 148 valence electrons. The number of rotatable bonds is 9. The SMILES string of the molecule is CCN(CO)CCNS(=O)(=O)c1cc(C)ccc1Oc1cc(C)cc(C)c1. The molecular formula is C20H28N2O4S. The van der Waals surface area contributed by atoms with Crippen molar-refractivity contribution < 1.29 is 18.3 Å². The number of aliphatic hydroxyl groups is 1. The molecule has 0 unspecified atom stereocenters. The van der Waals surface area contributed by atoms with Crippen molar-refractivity contribution in [3.05, 3.63) is 53.1 Å². The van der Waals surface area contributed by atoms with Crippen molar-refractivity contribution in [3.8, 4) is 11.5 Å². The first kappa shape index (κ1) is 21.4. The second-order valence-corrected chi connectivity index (χ2v) is 8.36. The number of aliphatic hydroxyl groups excluding tert-OH is 1. The Morgan fingerprint density at radius 1 is 1.04 bits per heavy atom. The topological polar surface area (TPSA) is 78.9 Å². The number of ether oxygens (including phenoxy) is 1. The largest absolute Gasteiger partial charge is 0.456 e. The Hall–Kier alpha value is -1.93. The highest BCUT2D eigenvalue weighted by atomic mass is 32.2. The molecule has 0 aliphatic heterocycles. The number of aryl methyl sites for hydroxylation is 3. The number of hydrogen-bond donors (Lipinski definition) is 2. The summed E-state index contributed by atoms with van der Waals surface area (Å²) in [5.41, 5.74) is 2.92. The Bertz CT molecular complexity index is 857. The smallest absolute Gasteiger partial charge is 0.244 e. The first-order chi connectivity index (χ1) is 12.7. The molecule has 2 aromatic carbocycles. The van der Waals surface area contributed by atoms with Crippen molar-refractivity contribution in [1.82, 2.24) is 9.62 Å². The van der Waals surface area contributed by atoms with E-state index in [0.29, 0.717) is 18.8 Å².